The van der Waals surface area contributed by atoms with Crippen LogP contribution in [-0.2, 0) is 0 Å². The van der Waals surface area contributed by atoms with E-state index in [1.807, 2.05) is 25.1 Å². The molecule has 0 atom stereocenters. The quantitative estimate of drug-likeness (QED) is 0.772. The van der Waals surface area contributed by atoms with Gasteiger partial charge in [0.25, 0.3) is 11.8 Å². The minimum atomic E-state index is -0.240. The molecule has 0 heterocycles. The van der Waals surface area contributed by atoms with Gasteiger partial charge in [-0.05, 0) is 49.7 Å². The third kappa shape index (κ3) is 5.09. The molecule has 0 aliphatic carbocycles. The van der Waals surface area contributed by atoms with E-state index in [4.69, 9.17) is 4.74 Å². The minimum Gasteiger partial charge on any atom is -0.492 e. The van der Waals surface area contributed by atoms with Crippen LogP contribution in [-0.4, -0.2) is 36.9 Å². The first kappa shape index (κ1) is 19.5. The summed E-state index contributed by atoms with van der Waals surface area (Å²) in [5.74, 6) is 0.357. The Morgan fingerprint density at radius 3 is 2.31 bits per heavy atom. The van der Waals surface area contributed by atoms with Crippen LogP contribution in [0.2, 0.25) is 0 Å². The summed E-state index contributed by atoms with van der Waals surface area (Å²) in [6.07, 6.45) is 2.02. The Morgan fingerprint density at radius 2 is 1.65 bits per heavy atom. The first-order chi connectivity index (χ1) is 12.6. The van der Waals surface area contributed by atoms with Gasteiger partial charge in [-0.3, -0.25) is 9.59 Å². The molecule has 2 rings (SSSR count). The van der Waals surface area contributed by atoms with Crippen LogP contribution in [0.1, 0.15) is 47.4 Å². The lowest BCUT2D eigenvalue weighted by molar-refractivity contribution is 0.0792. The van der Waals surface area contributed by atoms with Crippen molar-refractivity contribution in [2.45, 2.75) is 26.7 Å². The zero-order valence-corrected chi connectivity index (χ0v) is 15.6. The molecule has 0 aromatic heterocycles. The third-order valence-electron chi connectivity index (χ3n) is 4.02. The van der Waals surface area contributed by atoms with Gasteiger partial charge in [0.15, 0.2) is 0 Å². The maximum Gasteiger partial charge on any atom is 0.255 e. The van der Waals surface area contributed by atoms with Crippen molar-refractivity contribution in [3.05, 3.63) is 59.7 Å². The SMILES string of the molecule is CCCCN(C)C(=O)c1ccc(C(=O)Nc2ccccc2OCC)cc1. The van der Waals surface area contributed by atoms with Crippen LogP contribution in [0.3, 0.4) is 0 Å². The Morgan fingerprint density at radius 1 is 1.00 bits per heavy atom. The molecule has 0 radical (unpaired) electrons. The first-order valence-electron chi connectivity index (χ1n) is 8.95. The molecule has 1 N–H and O–H groups in total. The molecule has 0 unspecified atom stereocenters. The molecule has 2 aromatic carbocycles. The van der Waals surface area contributed by atoms with E-state index in [2.05, 4.69) is 12.2 Å². The smallest absolute Gasteiger partial charge is 0.255 e. The summed E-state index contributed by atoms with van der Waals surface area (Å²) in [5, 5.41) is 2.85. The molecule has 2 amide bonds. The fourth-order valence-electron chi connectivity index (χ4n) is 2.53. The van der Waals surface area contributed by atoms with E-state index >= 15 is 0 Å². The van der Waals surface area contributed by atoms with Gasteiger partial charge in [-0.1, -0.05) is 25.5 Å². The van der Waals surface area contributed by atoms with Crippen LogP contribution in [0.25, 0.3) is 0 Å². The summed E-state index contributed by atoms with van der Waals surface area (Å²) in [6.45, 7) is 5.24. The minimum absolute atomic E-state index is 0.0351. The summed E-state index contributed by atoms with van der Waals surface area (Å²) in [7, 11) is 1.79. The number of rotatable bonds is 8. The molecule has 0 saturated carbocycles. The first-order valence-corrected chi connectivity index (χ1v) is 8.95. The predicted molar refractivity (Wildman–Crippen MR) is 104 cm³/mol. The molecule has 0 spiro atoms. The Hall–Kier alpha value is -2.82. The van der Waals surface area contributed by atoms with E-state index in [9.17, 15) is 9.59 Å². The monoisotopic (exact) mass is 354 g/mol. The van der Waals surface area contributed by atoms with Crippen molar-refractivity contribution in [3.63, 3.8) is 0 Å². The summed E-state index contributed by atoms with van der Waals surface area (Å²) < 4.78 is 5.52. The highest BCUT2D eigenvalue weighted by molar-refractivity contribution is 6.05. The number of para-hydroxylation sites is 2. The number of hydrogen-bond donors (Lipinski definition) is 1. The topological polar surface area (TPSA) is 58.6 Å². The van der Waals surface area contributed by atoms with Crippen molar-refractivity contribution in [1.82, 2.24) is 4.90 Å². The van der Waals surface area contributed by atoms with Crippen molar-refractivity contribution >= 4 is 17.5 Å². The van der Waals surface area contributed by atoms with Crippen LogP contribution < -0.4 is 10.1 Å². The predicted octanol–water partition coefficient (Wildman–Crippen LogP) is 4.21. The zero-order chi connectivity index (χ0) is 18.9. The molecule has 0 aliphatic heterocycles. The van der Waals surface area contributed by atoms with E-state index in [-0.39, 0.29) is 11.8 Å². The van der Waals surface area contributed by atoms with E-state index in [0.29, 0.717) is 29.2 Å². The number of anilines is 1. The number of ether oxygens (including phenoxy) is 1. The summed E-state index contributed by atoms with van der Waals surface area (Å²) >= 11 is 0. The average Bonchev–Trinajstić information content (AvgIpc) is 2.67. The van der Waals surface area contributed by atoms with Gasteiger partial charge in [-0.2, -0.15) is 0 Å². The van der Waals surface area contributed by atoms with E-state index in [1.165, 1.54) is 0 Å². The molecular weight excluding hydrogens is 328 g/mol. The highest BCUT2D eigenvalue weighted by Gasteiger charge is 2.13. The Balaban J connectivity index is 2.06. The highest BCUT2D eigenvalue weighted by Crippen LogP contribution is 2.24. The maximum absolute atomic E-state index is 12.5. The Labute approximate surface area is 155 Å². The van der Waals surface area contributed by atoms with Crippen molar-refractivity contribution in [2.75, 3.05) is 25.5 Å². The lowest BCUT2D eigenvalue weighted by Gasteiger charge is -2.17. The maximum atomic E-state index is 12.5. The number of carbonyl (C=O) groups excluding carboxylic acids is 2. The number of nitrogens with one attached hydrogen (secondary N) is 1. The number of benzene rings is 2. The van der Waals surface area contributed by atoms with Gasteiger partial charge >= 0.3 is 0 Å². The number of amides is 2. The van der Waals surface area contributed by atoms with Crippen LogP contribution in [0.4, 0.5) is 5.69 Å². The summed E-state index contributed by atoms with van der Waals surface area (Å²) in [5.41, 5.74) is 1.69. The number of carbonyl (C=O) groups is 2. The number of hydrogen-bond acceptors (Lipinski definition) is 3. The molecule has 2 aromatic rings. The van der Waals surface area contributed by atoms with Crippen molar-refractivity contribution in [1.29, 1.82) is 0 Å². The van der Waals surface area contributed by atoms with Gasteiger partial charge in [-0.15, -0.1) is 0 Å². The highest BCUT2D eigenvalue weighted by atomic mass is 16.5. The van der Waals surface area contributed by atoms with Gasteiger partial charge in [0.1, 0.15) is 5.75 Å². The molecule has 5 heteroatoms. The molecule has 0 saturated heterocycles. The molecule has 0 fully saturated rings. The zero-order valence-electron chi connectivity index (χ0n) is 15.6. The van der Waals surface area contributed by atoms with E-state index in [1.54, 1.807) is 42.3 Å². The van der Waals surface area contributed by atoms with Gasteiger partial charge in [0.05, 0.1) is 12.3 Å². The summed E-state index contributed by atoms with van der Waals surface area (Å²) in [6, 6.07) is 14.0. The van der Waals surface area contributed by atoms with Gasteiger partial charge in [0.2, 0.25) is 0 Å². The van der Waals surface area contributed by atoms with Gasteiger partial charge in [0, 0.05) is 24.7 Å². The largest absolute Gasteiger partial charge is 0.492 e. The normalized spacial score (nSPS) is 10.3. The Bertz CT molecular complexity index is 741. The van der Waals surface area contributed by atoms with Gasteiger partial charge in [-0.25, -0.2) is 0 Å². The lowest BCUT2D eigenvalue weighted by Crippen LogP contribution is -2.27. The van der Waals surface area contributed by atoms with Crippen LogP contribution in [0.5, 0.6) is 5.75 Å². The lowest BCUT2D eigenvalue weighted by atomic mass is 10.1. The van der Waals surface area contributed by atoms with Gasteiger partial charge < -0.3 is 15.0 Å². The Kier molecular flexibility index (Phi) is 7.21. The fourth-order valence-corrected chi connectivity index (χ4v) is 2.53. The van der Waals surface area contributed by atoms with Crippen LogP contribution in [0, 0.1) is 0 Å². The molecule has 0 aliphatic rings. The standard InChI is InChI=1S/C21H26N2O3/c1-4-6-15-23(3)21(25)17-13-11-16(12-14-17)20(24)22-18-9-7-8-10-19(18)26-5-2/h7-14H,4-6,15H2,1-3H3,(H,22,24). The van der Waals surface area contributed by atoms with E-state index in [0.717, 1.165) is 19.4 Å². The van der Waals surface area contributed by atoms with Crippen LogP contribution in [0.15, 0.2) is 48.5 Å². The second-order valence-electron chi connectivity index (χ2n) is 6.04. The second kappa shape index (κ2) is 9.61. The molecule has 138 valence electrons. The van der Waals surface area contributed by atoms with Crippen molar-refractivity contribution in [2.24, 2.45) is 0 Å². The van der Waals surface area contributed by atoms with E-state index < -0.39 is 0 Å². The fraction of sp³-hybridized carbons (Fsp3) is 0.333. The second-order valence-corrected chi connectivity index (χ2v) is 6.04. The summed E-state index contributed by atoms with van der Waals surface area (Å²) in [4.78, 5) is 26.5. The molecule has 0 bridgehead atoms. The van der Waals surface area contributed by atoms with Crippen LogP contribution >= 0.6 is 0 Å². The number of nitrogens with zero attached hydrogens (tertiary/aromatic N) is 1. The average molecular weight is 354 g/mol. The number of unbranched alkanes of at least 4 members (excludes halogenated alkanes) is 1. The molecular formula is C21H26N2O3. The molecule has 26 heavy (non-hydrogen) atoms. The molecule has 5 nitrogen and oxygen atoms in total. The van der Waals surface area contributed by atoms with Crippen molar-refractivity contribution < 1.29 is 14.3 Å². The third-order valence-corrected chi connectivity index (χ3v) is 4.02. The van der Waals surface area contributed by atoms with Crippen molar-refractivity contribution in [3.8, 4) is 5.75 Å².